The third kappa shape index (κ3) is 8.65. The first-order valence-corrected chi connectivity index (χ1v) is 4.57. The lowest BCUT2D eigenvalue weighted by molar-refractivity contribution is -0.255. The number of hydrogen-bond acceptors (Lipinski definition) is 2. The summed E-state index contributed by atoms with van der Waals surface area (Å²) in [6.45, 7) is 8.00. The Kier molecular flexibility index (Phi) is 18.5. The molecule has 0 radical (unpaired) electrons. The van der Waals surface area contributed by atoms with E-state index in [1.165, 1.54) is 12.1 Å². The van der Waals surface area contributed by atoms with Gasteiger partial charge in [-0.25, -0.2) is 0 Å². The van der Waals surface area contributed by atoms with Crippen molar-refractivity contribution in [1.82, 2.24) is 0 Å². The first-order chi connectivity index (χ1) is 6.30. The summed E-state index contributed by atoms with van der Waals surface area (Å²) >= 11 is 0. The maximum Gasteiger partial charge on any atom is 0.0715 e. The highest BCUT2D eigenvalue weighted by molar-refractivity contribution is 5.85. The SMILES string of the molecule is CC.CC.O=C([O-])c1ccccc1.[CH3+]. The van der Waals surface area contributed by atoms with E-state index in [0.717, 1.165) is 0 Å². The molecule has 0 atom stereocenters. The molecule has 0 saturated carbocycles. The van der Waals surface area contributed by atoms with Gasteiger partial charge in [0.1, 0.15) is 0 Å². The van der Waals surface area contributed by atoms with E-state index in [2.05, 4.69) is 0 Å². The van der Waals surface area contributed by atoms with Gasteiger partial charge in [0, 0.05) is 7.43 Å². The van der Waals surface area contributed by atoms with Crippen LogP contribution in [-0.4, -0.2) is 5.97 Å². The summed E-state index contributed by atoms with van der Waals surface area (Å²) in [7, 11) is 0. The molecule has 2 heteroatoms. The fourth-order valence-electron chi connectivity index (χ4n) is 0.574. The fourth-order valence-corrected chi connectivity index (χ4v) is 0.574. The largest absolute Gasteiger partial charge is 0.545 e. The van der Waals surface area contributed by atoms with E-state index in [4.69, 9.17) is 0 Å². The van der Waals surface area contributed by atoms with Crippen molar-refractivity contribution < 1.29 is 9.90 Å². The summed E-state index contributed by atoms with van der Waals surface area (Å²) < 4.78 is 0. The molecule has 0 N–H and O–H groups in total. The molecule has 1 rings (SSSR count). The Hall–Kier alpha value is -1.44. The van der Waals surface area contributed by atoms with Crippen molar-refractivity contribution >= 4 is 5.97 Å². The molecule has 0 aliphatic rings. The molecule has 0 unspecified atom stereocenters. The van der Waals surface area contributed by atoms with Gasteiger partial charge in [-0.15, -0.1) is 0 Å². The van der Waals surface area contributed by atoms with E-state index < -0.39 is 5.97 Å². The minimum absolute atomic E-state index is 0. The maximum absolute atomic E-state index is 10.1. The lowest BCUT2D eigenvalue weighted by Crippen LogP contribution is -2.21. The first kappa shape index (κ1) is 18.4. The van der Waals surface area contributed by atoms with Crippen molar-refractivity contribution in [3.8, 4) is 0 Å². The average Bonchev–Trinajstić information content (AvgIpc) is 2.25. The van der Waals surface area contributed by atoms with Gasteiger partial charge in [-0.2, -0.15) is 0 Å². The van der Waals surface area contributed by atoms with Crippen LogP contribution in [0.15, 0.2) is 30.3 Å². The summed E-state index contributed by atoms with van der Waals surface area (Å²) in [6, 6.07) is 8.06. The Labute approximate surface area is 87.6 Å². The highest BCUT2D eigenvalue weighted by atomic mass is 16.4. The fraction of sp³-hybridized carbons (Fsp3) is 0.333. The molecule has 14 heavy (non-hydrogen) atoms. The van der Waals surface area contributed by atoms with Gasteiger partial charge in [0.05, 0.1) is 5.97 Å². The minimum atomic E-state index is -1.13. The molecule has 0 aliphatic heterocycles. The predicted molar refractivity (Wildman–Crippen MR) is 59.9 cm³/mol. The highest BCUT2D eigenvalue weighted by Crippen LogP contribution is 1.94. The molecule has 0 heterocycles. The van der Waals surface area contributed by atoms with Gasteiger partial charge in [-0.1, -0.05) is 58.0 Å². The second-order valence-corrected chi connectivity index (χ2v) is 1.65. The van der Waals surface area contributed by atoms with E-state index >= 15 is 0 Å². The van der Waals surface area contributed by atoms with Crippen LogP contribution in [0, 0.1) is 7.43 Å². The number of carboxylic acid groups (broad SMARTS) is 1. The molecule has 0 aromatic heterocycles. The van der Waals surface area contributed by atoms with E-state index in [1.807, 2.05) is 27.7 Å². The zero-order chi connectivity index (χ0) is 10.7. The Bertz CT molecular complexity index is 205. The molecular formula is C12H20O2. The van der Waals surface area contributed by atoms with Crippen LogP contribution in [0.1, 0.15) is 38.1 Å². The van der Waals surface area contributed by atoms with Crippen LogP contribution in [0.4, 0.5) is 0 Å². The molecule has 0 saturated heterocycles. The van der Waals surface area contributed by atoms with Gasteiger partial charge in [0.25, 0.3) is 0 Å². The minimum Gasteiger partial charge on any atom is -0.545 e. The number of carbonyl (C=O) groups excluding carboxylic acids is 1. The Morgan fingerprint density at radius 1 is 1.00 bits per heavy atom. The average molecular weight is 196 g/mol. The molecule has 80 valence electrons. The Morgan fingerprint density at radius 3 is 1.57 bits per heavy atom. The number of carboxylic acids is 1. The topological polar surface area (TPSA) is 40.1 Å². The van der Waals surface area contributed by atoms with E-state index in [1.54, 1.807) is 18.2 Å². The summed E-state index contributed by atoms with van der Waals surface area (Å²) in [4.78, 5) is 10.1. The second-order valence-electron chi connectivity index (χ2n) is 1.65. The predicted octanol–water partition coefficient (Wildman–Crippen LogP) is 2.55. The van der Waals surface area contributed by atoms with Crippen molar-refractivity contribution in [2.75, 3.05) is 0 Å². The summed E-state index contributed by atoms with van der Waals surface area (Å²) in [5.41, 5.74) is 0.220. The van der Waals surface area contributed by atoms with Crippen LogP contribution in [-0.2, 0) is 0 Å². The number of carbonyl (C=O) groups is 1. The van der Waals surface area contributed by atoms with Crippen molar-refractivity contribution in [1.29, 1.82) is 0 Å². The summed E-state index contributed by atoms with van der Waals surface area (Å²) in [6.07, 6.45) is 0. The van der Waals surface area contributed by atoms with Gasteiger partial charge >= 0.3 is 0 Å². The van der Waals surface area contributed by atoms with Gasteiger partial charge in [0.15, 0.2) is 0 Å². The molecule has 0 fully saturated rings. The smallest absolute Gasteiger partial charge is 0.0715 e. The molecule has 1 aromatic carbocycles. The summed E-state index contributed by atoms with van der Waals surface area (Å²) in [5, 5.41) is 10.1. The lowest BCUT2D eigenvalue weighted by Gasteiger charge is -1.97. The van der Waals surface area contributed by atoms with Gasteiger partial charge in [-0.05, 0) is 5.56 Å². The Balaban J connectivity index is -0.000000216. The van der Waals surface area contributed by atoms with Crippen LogP contribution in [0.3, 0.4) is 0 Å². The standard InChI is InChI=1S/C7H6O2.2C2H6.CH3/c8-7(9)6-4-2-1-3-5-6;2*1-2;/h1-5H,(H,8,9);2*1-2H3;1H3/q;;;+1/p-1. The van der Waals surface area contributed by atoms with E-state index in [0.29, 0.717) is 0 Å². The van der Waals surface area contributed by atoms with E-state index in [9.17, 15) is 9.90 Å². The van der Waals surface area contributed by atoms with Gasteiger partial charge in [-0.3, -0.25) is 0 Å². The van der Waals surface area contributed by atoms with Gasteiger partial charge < -0.3 is 9.90 Å². The second kappa shape index (κ2) is 14.1. The van der Waals surface area contributed by atoms with Crippen molar-refractivity contribution in [2.45, 2.75) is 27.7 Å². The van der Waals surface area contributed by atoms with Crippen LogP contribution in [0.25, 0.3) is 0 Å². The number of rotatable bonds is 1. The zero-order valence-corrected chi connectivity index (χ0v) is 9.70. The van der Waals surface area contributed by atoms with Crippen molar-refractivity contribution in [3.05, 3.63) is 43.3 Å². The summed E-state index contributed by atoms with van der Waals surface area (Å²) in [5.74, 6) is -1.13. The molecule has 0 aliphatic carbocycles. The third-order valence-corrected chi connectivity index (χ3v) is 1.01. The van der Waals surface area contributed by atoms with E-state index in [-0.39, 0.29) is 13.0 Å². The van der Waals surface area contributed by atoms with Crippen molar-refractivity contribution in [3.63, 3.8) is 0 Å². The molecule has 0 spiro atoms. The van der Waals surface area contributed by atoms with Crippen LogP contribution in [0.2, 0.25) is 0 Å². The molecule has 2 nitrogen and oxygen atoms in total. The normalized spacial score (nSPS) is 6.57. The Morgan fingerprint density at radius 2 is 1.36 bits per heavy atom. The maximum atomic E-state index is 10.1. The monoisotopic (exact) mass is 196 g/mol. The highest BCUT2D eigenvalue weighted by Gasteiger charge is 1.85. The number of hydrogen-bond donors (Lipinski definition) is 0. The van der Waals surface area contributed by atoms with Crippen LogP contribution >= 0.6 is 0 Å². The first-order valence-electron chi connectivity index (χ1n) is 4.57. The molecule has 0 bridgehead atoms. The van der Waals surface area contributed by atoms with Gasteiger partial charge in [0.2, 0.25) is 0 Å². The zero-order valence-electron chi connectivity index (χ0n) is 9.70. The van der Waals surface area contributed by atoms with Crippen LogP contribution in [0.5, 0.6) is 0 Å². The number of benzene rings is 1. The molecule has 1 aromatic rings. The lowest BCUT2D eigenvalue weighted by atomic mass is 10.2. The third-order valence-electron chi connectivity index (χ3n) is 1.01. The number of aromatic carboxylic acids is 1. The molecular weight excluding hydrogens is 176 g/mol. The quantitative estimate of drug-likeness (QED) is 0.648. The van der Waals surface area contributed by atoms with Crippen molar-refractivity contribution in [2.24, 2.45) is 0 Å². The van der Waals surface area contributed by atoms with Crippen LogP contribution < -0.4 is 5.11 Å². The molecule has 0 amide bonds.